The van der Waals surface area contributed by atoms with E-state index in [1.807, 2.05) is 6.92 Å². The van der Waals surface area contributed by atoms with Gasteiger partial charge in [-0.05, 0) is 31.6 Å². The van der Waals surface area contributed by atoms with Gasteiger partial charge in [-0.15, -0.1) is 5.10 Å². The molecule has 90 valence electrons. The number of nitrogens with zero attached hydrogens (tertiary/aromatic N) is 2. The Morgan fingerprint density at radius 1 is 1.38 bits per heavy atom. The molecule has 2 rings (SSSR count). The Bertz CT molecular complexity index is 340. The smallest absolute Gasteiger partial charge is 0.208 e. The summed E-state index contributed by atoms with van der Waals surface area (Å²) in [6.45, 7) is 6.49. The number of thioether (sulfide) groups is 1. The lowest BCUT2D eigenvalue weighted by molar-refractivity contribution is 0.279. The van der Waals surface area contributed by atoms with Crippen LogP contribution in [-0.2, 0) is 0 Å². The van der Waals surface area contributed by atoms with Crippen LogP contribution in [0.5, 0.6) is 0 Å². The first-order valence-electron chi connectivity index (χ1n) is 5.87. The van der Waals surface area contributed by atoms with Crippen LogP contribution in [0.2, 0.25) is 0 Å². The van der Waals surface area contributed by atoms with E-state index in [9.17, 15) is 0 Å². The van der Waals surface area contributed by atoms with Gasteiger partial charge in [-0.25, -0.2) is 4.98 Å². The maximum absolute atomic E-state index is 6.23. The molecule has 16 heavy (non-hydrogen) atoms. The van der Waals surface area contributed by atoms with E-state index in [2.05, 4.69) is 29.0 Å². The minimum Gasteiger partial charge on any atom is -0.327 e. The molecule has 1 aliphatic carbocycles. The van der Waals surface area contributed by atoms with E-state index in [0.717, 1.165) is 23.3 Å². The third-order valence-corrected chi connectivity index (χ3v) is 4.73. The monoisotopic (exact) mass is 240 g/mol. The highest BCUT2D eigenvalue weighted by molar-refractivity contribution is 7.99. The molecule has 0 bridgehead atoms. The van der Waals surface area contributed by atoms with Crippen molar-refractivity contribution in [2.75, 3.05) is 0 Å². The van der Waals surface area contributed by atoms with Gasteiger partial charge in [0.15, 0.2) is 0 Å². The molecule has 1 aliphatic rings. The van der Waals surface area contributed by atoms with Gasteiger partial charge in [0.1, 0.15) is 5.82 Å². The number of nitrogens with one attached hydrogen (secondary N) is 1. The number of H-pyrrole nitrogens is 1. The number of aromatic amines is 1. The van der Waals surface area contributed by atoms with Gasteiger partial charge >= 0.3 is 0 Å². The topological polar surface area (TPSA) is 67.6 Å². The first kappa shape index (κ1) is 11.9. The molecule has 4 atom stereocenters. The van der Waals surface area contributed by atoms with E-state index in [-0.39, 0.29) is 6.04 Å². The average molecular weight is 240 g/mol. The Kier molecular flexibility index (Phi) is 3.54. The molecule has 0 aromatic carbocycles. The van der Waals surface area contributed by atoms with Crippen LogP contribution in [0.25, 0.3) is 0 Å². The van der Waals surface area contributed by atoms with Crippen molar-refractivity contribution in [3.63, 3.8) is 0 Å². The van der Waals surface area contributed by atoms with Gasteiger partial charge in [0.25, 0.3) is 0 Å². The molecule has 1 aromatic heterocycles. The van der Waals surface area contributed by atoms with Crippen molar-refractivity contribution in [1.82, 2.24) is 15.2 Å². The molecule has 0 radical (unpaired) electrons. The molecule has 1 aromatic rings. The van der Waals surface area contributed by atoms with E-state index in [1.165, 1.54) is 6.42 Å². The molecule has 1 fully saturated rings. The third kappa shape index (κ3) is 2.58. The van der Waals surface area contributed by atoms with Crippen LogP contribution >= 0.6 is 11.8 Å². The summed E-state index contributed by atoms with van der Waals surface area (Å²) in [5, 5.41) is 8.33. The summed E-state index contributed by atoms with van der Waals surface area (Å²) in [4.78, 5) is 4.33. The zero-order chi connectivity index (χ0) is 11.7. The maximum Gasteiger partial charge on any atom is 0.208 e. The summed E-state index contributed by atoms with van der Waals surface area (Å²) in [6.07, 6.45) is 2.38. The highest BCUT2D eigenvalue weighted by Crippen LogP contribution is 2.37. The van der Waals surface area contributed by atoms with Crippen molar-refractivity contribution in [2.45, 2.75) is 50.1 Å². The molecule has 0 saturated heterocycles. The summed E-state index contributed by atoms with van der Waals surface area (Å²) in [6, 6.07) is 0.266. The summed E-state index contributed by atoms with van der Waals surface area (Å²) < 4.78 is 0. The summed E-state index contributed by atoms with van der Waals surface area (Å²) in [7, 11) is 0. The fourth-order valence-corrected chi connectivity index (χ4v) is 3.75. The number of rotatable bonds is 2. The van der Waals surface area contributed by atoms with Crippen LogP contribution in [0.4, 0.5) is 0 Å². The van der Waals surface area contributed by atoms with Crippen molar-refractivity contribution >= 4 is 11.8 Å². The SMILES string of the molecule is Cc1nc(SC2C(C)CC(C)CC2N)n[nH]1. The van der Waals surface area contributed by atoms with E-state index < -0.39 is 0 Å². The zero-order valence-corrected chi connectivity index (χ0v) is 10.9. The Labute approximate surface area is 101 Å². The molecule has 1 heterocycles. The van der Waals surface area contributed by atoms with Gasteiger partial charge in [0, 0.05) is 11.3 Å². The normalized spacial score (nSPS) is 35.2. The molecule has 4 nitrogen and oxygen atoms in total. The van der Waals surface area contributed by atoms with Gasteiger partial charge in [-0.2, -0.15) is 0 Å². The van der Waals surface area contributed by atoms with Crippen molar-refractivity contribution < 1.29 is 0 Å². The molecule has 3 N–H and O–H groups in total. The van der Waals surface area contributed by atoms with Crippen molar-refractivity contribution in [3.05, 3.63) is 5.82 Å². The lowest BCUT2D eigenvalue weighted by Crippen LogP contribution is -2.42. The Morgan fingerprint density at radius 2 is 2.12 bits per heavy atom. The Balaban J connectivity index is 2.03. The van der Waals surface area contributed by atoms with Gasteiger partial charge in [0.05, 0.1) is 0 Å². The lowest BCUT2D eigenvalue weighted by Gasteiger charge is -2.36. The maximum atomic E-state index is 6.23. The number of nitrogens with two attached hydrogens (primary N) is 1. The highest BCUT2D eigenvalue weighted by Gasteiger charge is 2.33. The fourth-order valence-electron chi connectivity index (χ4n) is 2.59. The highest BCUT2D eigenvalue weighted by atomic mass is 32.2. The summed E-state index contributed by atoms with van der Waals surface area (Å²) in [5.41, 5.74) is 6.23. The quantitative estimate of drug-likeness (QED) is 0.829. The lowest BCUT2D eigenvalue weighted by atomic mass is 9.80. The summed E-state index contributed by atoms with van der Waals surface area (Å²) in [5.74, 6) is 2.26. The standard InChI is InChI=1S/C11H20N4S/c1-6-4-7(2)10(9(12)5-6)16-11-13-8(3)14-15-11/h6-7,9-10H,4-5,12H2,1-3H3,(H,13,14,15). The fraction of sp³-hybridized carbons (Fsp3) is 0.818. The van der Waals surface area contributed by atoms with Crippen LogP contribution in [0, 0.1) is 18.8 Å². The number of aryl methyl sites for hydroxylation is 1. The van der Waals surface area contributed by atoms with E-state index in [4.69, 9.17) is 5.73 Å². The first-order chi connectivity index (χ1) is 7.56. The first-order valence-corrected chi connectivity index (χ1v) is 6.75. The average Bonchev–Trinajstić information content (AvgIpc) is 2.58. The minimum absolute atomic E-state index is 0.266. The Hall–Kier alpha value is -0.550. The van der Waals surface area contributed by atoms with Crippen LogP contribution in [0.1, 0.15) is 32.5 Å². The van der Waals surface area contributed by atoms with E-state index in [1.54, 1.807) is 11.8 Å². The van der Waals surface area contributed by atoms with E-state index >= 15 is 0 Å². The second-order valence-electron chi connectivity index (χ2n) is 5.00. The minimum atomic E-state index is 0.266. The molecule has 0 amide bonds. The molecule has 4 unspecified atom stereocenters. The molecule has 0 spiro atoms. The Morgan fingerprint density at radius 3 is 2.69 bits per heavy atom. The second kappa shape index (κ2) is 4.75. The number of aromatic nitrogens is 3. The molecule has 5 heteroatoms. The third-order valence-electron chi connectivity index (χ3n) is 3.25. The predicted molar refractivity (Wildman–Crippen MR) is 66.3 cm³/mol. The van der Waals surface area contributed by atoms with Crippen LogP contribution in [0.3, 0.4) is 0 Å². The molecular formula is C11H20N4S. The van der Waals surface area contributed by atoms with Crippen LogP contribution < -0.4 is 5.73 Å². The van der Waals surface area contributed by atoms with Crippen LogP contribution in [0.15, 0.2) is 5.16 Å². The van der Waals surface area contributed by atoms with Gasteiger partial charge < -0.3 is 5.73 Å². The largest absolute Gasteiger partial charge is 0.327 e. The number of hydrogen-bond acceptors (Lipinski definition) is 4. The zero-order valence-electron chi connectivity index (χ0n) is 10.1. The van der Waals surface area contributed by atoms with Crippen LogP contribution in [-0.4, -0.2) is 26.5 Å². The second-order valence-corrected chi connectivity index (χ2v) is 6.15. The van der Waals surface area contributed by atoms with Gasteiger partial charge in [-0.1, -0.05) is 25.6 Å². The summed E-state index contributed by atoms with van der Waals surface area (Å²) >= 11 is 1.73. The van der Waals surface area contributed by atoms with Gasteiger partial charge in [-0.3, -0.25) is 5.10 Å². The van der Waals surface area contributed by atoms with Gasteiger partial charge in [0.2, 0.25) is 5.16 Å². The predicted octanol–water partition coefficient (Wildman–Crippen LogP) is 1.97. The number of hydrogen-bond donors (Lipinski definition) is 2. The van der Waals surface area contributed by atoms with Crippen molar-refractivity contribution in [1.29, 1.82) is 0 Å². The van der Waals surface area contributed by atoms with Crippen molar-refractivity contribution in [3.8, 4) is 0 Å². The van der Waals surface area contributed by atoms with Crippen molar-refractivity contribution in [2.24, 2.45) is 17.6 Å². The molecular weight excluding hydrogens is 220 g/mol. The molecule has 0 aliphatic heterocycles. The van der Waals surface area contributed by atoms with E-state index in [0.29, 0.717) is 11.2 Å². The molecule has 1 saturated carbocycles.